The molecular formula is C22H25NO5S. The minimum Gasteiger partial charge on any atom is -0.463 e. The van der Waals surface area contributed by atoms with E-state index in [4.69, 9.17) is 9.47 Å². The number of rotatable bonds is 9. The van der Waals surface area contributed by atoms with Gasteiger partial charge < -0.3 is 14.8 Å². The Hall–Kier alpha value is -2.93. The van der Waals surface area contributed by atoms with Gasteiger partial charge in [-0.2, -0.15) is 0 Å². The van der Waals surface area contributed by atoms with E-state index in [0.29, 0.717) is 17.2 Å². The van der Waals surface area contributed by atoms with Crippen molar-refractivity contribution >= 4 is 34.2 Å². The Morgan fingerprint density at radius 1 is 1.10 bits per heavy atom. The van der Waals surface area contributed by atoms with Crippen molar-refractivity contribution in [1.29, 1.82) is 0 Å². The van der Waals surface area contributed by atoms with Gasteiger partial charge in [0, 0.05) is 17.0 Å². The molecule has 7 heteroatoms. The van der Waals surface area contributed by atoms with E-state index >= 15 is 0 Å². The Morgan fingerprint density at radius 2 is 1.83 bits per heavy atom. The van der Waals surface area contributed by atoms with Crippen molar-refractivity contribution in [3.05, 3.63) is 52.9 Å². The van der Waals surface area contributed by atoms with E-state index in [9.17, 15) is 14.4 Å². The van der Waals surface area contributed by atoms with Crippen molar-refractivity contribution in [1.82, 2.24) is 0 Å². The summed E-state index contributed by atoms with van der Waals surface area (Å²) in [4.78, 5) is 36.7. The molecule has 1 N–H and O–H groups in total. The fraction of sp³-hybridized carbons (Fsp3) is 0.318. The summed E-state index contributed by atoms with van der Waals surface area (Å²) in [5, 5.41) is 4.88. The summed E-state index contributed by atoms with van der Waals surface area (Å²) in [5.41, 5.74) is 2.50. The largest absolute Gasteiger partial charge is 0.463 e. The quantitative estimate of drug-likeness (QED) is 0.361. The van der Waals surface area contributed by atoms with Crippen molar-refractivity contribution in [3.63, 3.8) is 0 Å². The topological polar surface area (TPSA) is 81.7 Å². The zero-order valence-electron chi connectivity index (χ0n) is 16.8. The molecule has 29 heavy (non-hydrogen) atoms. The highest BCUT2D eigenvalue weighted by Gasteiger charge is 2.23. The minimum atomic E-state index is -0.690. The third-order valence-electron chi connectivity index (χ3n) is 3.82. The lowest BCUT2D eigenvalue weighted by molar-refractivity contribution is -0.147. The van der Waals surface area contributed by atoms with Gasteiger partial charge in [0.25, 0.3) is 0 Å². The Labute approximate surface area is 174 Å². The van der Waals surface area contributed by atoms with E-state index in [2.05, 4.69) is 5.32 Å². The Kier molecular flexibility index (Phi) is 8.61. The molecule has 2 aromatic rings. The highest BCUT2D eigenvalue weighted by atomic mass is 32.1. The molecule has 0 saturated carbocycles. The molecule has 0 atom stereocenters. The predicted octanol–water partition coefficient (Wildman–Crippen LogP) is 4.82. The monoisotopic (exact) mass is 415 g/mol. The number of carbonyl (C=O) groups excluding carboxylic acids is 3. The molecule has 0 aliphatic heterocycles. The van der Waals surface area contributed by atoms with Crippen LogP contribution in [-0.4, -0.2) is 31.1 Å². The Bertz CT molecular complexity index is 882. The molecule has 6 nitrogen and oxygen atoms in total. The second kappa shape index (κ2) is 11.2. The van der Waals surface area contributed by atoms with Gasteiger partial charge in [0.15, 0.2) is 6.61 Å². The molecule has 1 amide bonds. The van der Waals surface area contributed by atoms with Crippen molar-refractivity contribution in [3.8, 4) is 11.1 Å². The van der Waals surface area contributed by atoms with E-state index in [1.165, 1.54) is 17.4 Å². The normalized spacial score (nSPS) is 10.2. The van der Waals surface area contributed by atoms with E-state index in [1.807, 2.05) is 51.1 Å². The third kappa shape index (κ3) is 6.87. The van der Waals surface area contributed by atoms with E-state index in [0.717, 1.165) is 24.0 Å². The lowest BCUT2D eigenvalue weighted by atomic mass is 10.0. The van der Waals surface area contributed by atoms with Crippen LogP contribution >= 0.6 is 11.3 Å². The van der Waals surface area contributed by atoms with Crippen LogP contribution in [0.25, 0.3) is 11.1 Å². The highest BCUT2D eigenvalue weighted by molar-refractivity contribution is 7.15. The van der Waals surface area contributed by atoms with Crippen molar-refractivity contribution in [2.24, 2.45) is 0 Å². The van der Waals surface area contributed by atoms with Gasteiger partial charge >= 0.3 is 11.9 Å². The van der Waals surface area contributed by atoms with Gasteiger partial charge in [-0.15, -0.1) is 11.3 Å². The second-order valence-electron chi connectivity index (χ2n) is 6.58. The molecule has 0 fully saturated rings. The number of hydrogen-bond donors (Lipinski definition) is 1. The van der Waals surface area contributed by atoms with E-state index in [-0.39, 0.29) is 11.5 Å². The van der Waals surface area contributed by atoms with Crippen LogP contribution in [0.1, 0.15) is 44.0 Å². The average molecular weight is 416 g/mol. The first kappa shape index (κ1) is 22.4. The van der Waals surface area contributed by atoms with Crippen LogP contribution < -0.4 is 5.32 Å². The first-order chi connectivity index (χ1) is 13.9. The molecule has 0 radical (unpaired) electrons. The maximum Gasteiger partial charge on any atom is 0.344 e. The zero-order valence-corrected chi connectivity index (χ0v) is 17.6. The van der Waals surface area contributed by atoms with Crippen LogP contribution in [0.3, 0.4) is 0 Å². The number of hydrogen-bond acceptors (Lipinski definition) is 6. The molecule has 0 unspecified atom stereocenters. The summed E-state index contributed by atoms with van der Waals surface area (Å²) in [7, 11) is 0. The van der Waals surface area contributed by atoms with Gasteiger partial charge in [-0.25, -0.2) is 9.59 Å². The third-order valence-corrected chi connectivity index (χ3v) is 4.71. The molecular weight excluding hydrogens is 390 g/mol. The number of thiophene rings is 1. The van der Waals surface area contributed by atoms with Gasteiger partial charge in [-0.3, -0.25) is 4.79 Å². The number of nitrogens with one attached hydrogen (secondary N) is 1. The molecule has 0 saturated heterocycles. The van der Waals surface area contributed by atoms with Crippen LogP contribution in [0.2, 0.25) is 0 Å². The van der Waals surface area contributed by atoms with Gasteiger partial charge in [-0.1, -0.05) is 49.2 Å². The van der Waals surface area contributed by atoms with Crippen LogP contribution in [0, 0.1) is 0 Å². The van der Waals surface area contributed by atoms with E-state index < -0.39 is 18.5 Å². The predicted molar refractivity (Wildman–Crippen MR) is 114 cm³/mol. The Balaban J connectivity index is 2.23. The summed E-state index contributed by atoms with van der Waals surface area (Å²) in [6.45, 7) is 5.42. The fourth-order valence-corrected chi connectivity index (χ4v) is 3.42. The highest BCUT2D eigenvalue weighted by Crippen LogP contribution is 2.36. The number of anilines is 1. The summed E-state index contributed by atoms with van der Waals surface area (Å²) < 4.78 is 10.2. The van der Waals surface area contributed by atoms with Crippen molar-refractivity contribution in [2.45, 2.75) is 33.6 Å². The number of allylic oxidation sites excluding steroid dienone is 1. The Morgan fingerprint density at radius 3 is 2.48 bits per heavy atom. The van der Waals surface area contributed by atoms with Gasteiger partial charge in [0.2, 0.25) is 5.91 Å². The molecule has 2 rings (SSSR count). The standard InChI is InChI=1S/C22H25NO5S/c1-4-5-11-27-19(25)13-28-22(26)20-17(16-9-7-6-8-10-16)14-29-21(20)23-18(24)12-15(2)3/h6-10,12,14H,4-5,11,13H2,1-3H3,(H,23,24). The first-order valence-electron chi connectivity index (χ1n) is 9.38. The number of benzene rings is 1. The summed E-state index contributed by atoms with van der Waals surface area (Å²) in [6.07, 6.45) is 3.10. The first-order valence-corrected chi connectivity index (χ1v) is 10.3. The summed E-state index contributed by atoms with van der Waals surface area (Å²) in [5.74, 6) is -1.62. The summed E-state index contributed by atoms with van der Waals surface area (Å²) in [6, 6.07) is 9.31. The zero-order chi connectivity index (χ0) is 21.2. The molecule has 154 valence electrons. The molecule has 1 heterocycles. The van der Waals surface area contributed by atoms with Gasteiger partial charge in [0.05, 0.1) is 6.61 Å². The van der Waals surface area contributed by atoms with Crippen LogP contribution in [0.4, 0.5) is 5.00 Å². The molecule has 0 aliphatic carbocycles. The molecule has 0 spiro atoms. The fourth-order valence-electron chi connectivity index (χ4n) is 2.46. The maximum atomic E-state index is 12.8. The van der Waals surface area contributed by atoms with Crippen LogP contribution in [-0.2, 0) is 19.1 Å². The van der Waals surface area contributed by atoms with Gasteiger partial charge in [-0.05, 0) is 25.8 Å². The molecule has 0 aliphatic rings. The number of ether oxygens (including phenoxy) is 2. The lowest BCUT2D eigenvalue weighted by Crippen LogP contribution is -2.18. The number of unbranched alkanes of at least 4 members (excludes halogenated alkanes) is 1. The maximum absolute atomic E-state index is 12.8. The number of esters is 2. The SMILES string of the molecule is CCCCOC(=O)COC(=O)c1c(-c2ccccc2)csc1NC(=O)C=C(C)C. The van der Waals surface area contributed by atoms with Crippen LogP contribution in [0.5, 0.6) is 0 Å². The van der Waals surface area contributed by atoms with Crippen molar-refractivity contribution in [2.75, 3.05) is 18.5 Å². The van der Waals surface area contributed by atoms with Crippen molar-refractivity contribution < 1.29 is 23.9 Å². The van der Waals surface area contributed by atoms with Gasteiger partial charge in [0.1, 0.15) is 10.6 Å². The average Bonchev–Trinajstić information content (AvgIpc) is 3.09. The lowest BCUT2D eigenvalue weighted by Gasteiger charge is -2.09. The van der Waals surface area contributed by atoms with Crippen LogP contribution in [0.15, 0.2) is 47.4 Å². The van der Waals surface area contributed by atoms with E-state index in [1.54, 1.807) is 5.38 Å². The molecule has 1 aromatic heterocycles. The molecule has 1 aromatic carbocycles. The smallest absolute Gasteiger partial charge is 0.344 e. The number of carbonyl (C=O) groups is 3. The minimum absolute atomic E-state index is 0.220. The number of amides is 1. The second-order valence-corrected chi connectivity index (χ2v) is 7.46. The summed E-state index contributed by atoms with van der Waals surface area (Å²) >= 11 is 1.23. The molecule has 0 bridgehead atoms.